The Balaban J connectivity index is 0. The minimum Gasteiger partial charge on any atom is -0.542 e. The van der Waals surface area contributed by atoms with Crippen LogP contribution in [0.2, 0.25) is 0 Å². The minimum absolute atomic E-state index is 0. The van der Waals surface area contributed by atoms with Crippen molar-refractivity contribution in [1.82, 2.24) is 5.32 Å². The number of hydrogen-bond acceptors (Lipinski definition) is 3. The van der Waals surface area contributed by atoms with Gasteiger partial charge in [0.25, 0.3) is 0 Å². The van der Waals surface area contributed by atoms with Crippen LogP contribution in [0.4, 0.5) is 0 Å². The van der Waals surface area contributed by atoms with E-state index in [4.69, 9.17) is 11.1 Å². The second-order valence-electron chi connectivity index (χ2n) is 2.40. The van der Waals surface area contributed by atoms with Crippen molar-refractivity contribution in [3.8, 4) is 0 Å². The summed E-state index contributed by atoms with van der Waals surface area (Å²) in [5.74, 6) is 0.163. The molecule has 0 fully saturated rings. The van der Waals surface area contributed by atoms with Gasteiger partial charge in [-0.15, -0.1) is 6.42 Å². The molecule has 4 N–H and O–H groups in total. The molecule has 0 amide bonds. The summed E-state index contributed by atoms with van der Waals surface area (Å²) in [6.45, 7) is 0. The molecule has 1 unspecified atom stereocenters. The Morgan fingerprint density at radius 1 is 1.75 bits per heavy atom. The monoisotopic (exact) mass is 245 g/mol. The van der Waals surface area contributed by atoms with Gasteiger partial charge in [-0.1, -0.05) is 0 Å². The van der Waals surface area contributed by atoms with Gasteiger partial charge in [-0.3, -0.25) is 11.7 Å². The molecule has 0 aliphatic carbocycles. The van der Waals surface area contributed by atoms with E-state index in [1.165, 1.54) is 0 Å². The zero-order valence-corrected chi connectivity index (χ0v) is 10.1. The summed E-state index contributed by atoms with van der Waals surface area (Å²) >= 11 is 0. The molecular weight excluding hydrogens is 231 g/mol. The van der Waals surface area contributed by atoms with E-state index in [9.17, 15) is 4.79 Å². The summed E-state index contributed by atoms with van der Waals surface area (Å²) in [4.78, 5) is 9.97. The largest absolute Gasteiger partial charge is 3.00 e. The van der Waals surface area contributed by atoms with Crippen molar-refractivity contribution < 1.29 is 37.5 Å². The van der Waals surface area contributed by atoms with Crippen LogP contribution >= 0.6 is 0 Å². The molecule has 0 bridgehead atoms. The molecule has 0 aromatic rings. The fourth-order valence-corrected chi connectivity index (χ4v) is 0.779. The molecule has 0 aliphatic heterocycles. The molecule has 0 saturated heterocycles. The maximum atomic E-state index is 9.97. The van der Waals surface area contributed by atoms with Crippen molar-refractivity contribution in [2.45, 2.75) is 25.3 Å². The first-order valence-corrected chi connectivity index (χ1v) is 3.56. The molecule has 0 saturated carbocycles. The van der Waals surface area contributed by atoms with E-state index in [0.717, 1.165) is 6.42 Å². The van der Waals surface area contributed by atoms with Crippen LogP contribution in [0.15, 0.2) is 0 Å². The third-order valence-corrected chi connectivity index (χ3v) is 1.50. The third-order valence-electron chi connectivity index (χ3n) is 1.50. The van der Waals surface area contributed by atoms with E-state index in [1.807, 2.05) is 6.29 Å². The Hall–Kier alpha value is 0.204. The Bertz CT molecular complexity index is 141. The second kappa shape index (κ2) is 9.29. The van der Waals surface area contributed by atoms with Crippen LogP contribution in [0.1, 0.15) is 19.3 Å². The van der Waals surface area contributed by atoms with Crippen molar-refractivity contribution >= 4 is 12.1 Å². The molecule has 12 heavy (non-hydrogen) atoms. The first-order valence-electron chi connectivity index (χ1n) is 3.56. The van der Waals surface area contributed by atoms with E-state index in [1.54, 1.807) is 7.05 Å². The Labute approximate surface area is 98.0 Å². The van der Waals surface area contributed by atoms with Gasteiger partial charge in [-0.05, 0) is 19.5 Å². The van der Waals surface area contributed by atoms with Crippen molar-refractivity contribution in [2.75, 3.05) is 7.05 Å². The first kappa shape index (κ1) is 14.7. The van der Waals surface area contributed by atoms with Crippen LogP contribution in [0.3, 0.4) is 0 Å². The van der Waals surface area contributed by atoms with Gasteiger partial charge in [0.2, 0.25) is 0 Å². The number of nitrogens with one attached hydrogen (secondary N) is 2. The van der Waals surface area contributed by atoms with Crippen LogP contribution in [-0.4, -0.2) is 25.2 Å². The molecule has 64 valence electrons. The molecule has 0 rings (SSSR count). The topological polar surface area (TPSA) is 79.0 Å². The smallest absolute Gasteiger partial charge is 0.542 e. The molecule has 0 aromatic heterocycles. The summed E-state index contributed by atoms with van der Waals surface area (Å²) in [6.07, 6.45) is 3.44. The standard InChI is InChI=1S/C7H14N3O.Y/c1-10-6(4-5-11)2-3-7(8)9;/h6,10H,2-4H2,1H3,(H3,8,9);/q-1;+3. The summed E-state index contributed by atoms with van der Waals surface area (Å²) in [7, 11) is 1.78. The van der Waals surface area contributed by atoms with Gasteiger partial charge in [0.15, 0.2) is 0 Å². The van der Waals surface area contributed by atoms with Gasteiger partial charge in [-0.25, -0.2) is 0 Å². The predicted molar refractivity (Wildman–Crippen MR) is 44.3 cm³/mol. The molecule has 5 heteroatoms. The molecule has 0 heterocycles. The average Bonchev–Trinajstić information content (AvgIpc) is 1.97. The number of hydrogen-bond donors (Lipinski definition) is 3. The molecule has 0 spiro atoms. The molecule has 4 nitrogen and oxygen atoms in total. The summed E-state index contributed by atoms with van der Waals surface area (Å²) in [5, 5.41) is 9.89. The van der Waals surface area contributed by atoms with Gasteiger partial charge < -0.3 is 15.8 Å². The molecule has 0 aromatic carbocycles. The maximum absolute atomic E-state index is 9.97. The first-order chi connectivity index (χ1) is 5.20. The van der Waals surface area contributed by atoms with Crippen molar-refractivity contribution in [2.24, 2.45) is 5.73 Å². The van der Waals surface area contributed by atoms with E-state index in [-0.39, 0.29) is 44.6 Å². The molecular formula is C7H14N3OY+2. The second-order valence-corrected chi connectivity index (χ2v) is 2.40. The van der Waals surface area contributed by atoms with Crippen molar-refractivity contribution in [1.29, 1.82) is 5.41 Å². The number of nitrogens with two attached hydrogens (primary N) is 1. The number of rotatable bonds is 6. The SMILES string of the molecule is CNC(C[C-]=O)CCC(=N)N.[Y+3]. The normalized spacial score (nSPS) is 11.4. The van der Waals surface area contributed by atoms with Crippen LogP contribution in [-0.2, 0) is 37.5 Å². The Morgan fingerprint density at radius 3 is 2.67 bits per heavy atom. The van der Waals surface area contributed by atoms with Crippen LogP contribution < -0.4 is 11.1 Å². The van der Waals surface area contributed by atoms with E-state index < -0.39 is 0 Å². The summed E-state index contributed by atoms with van der Waals surface area (Å²) in [6, 6.07) is 0.108. The van der Waals surface area contributed by atoms with Crippen molar-refractivity contribution in [3.63, 3.8) is 0 Å². The van der Waals surface area contributed by atoms with Crippen molar-refractivity contribution in [3.05, 3.63) is 0 Å². The van der Waals surface area contributed by atoms with Gasteiger partial charge in [0.05, 0.1) is 5.84 Å². The van der Waals surface area contributed by atoms with Crippen LogP contribution in [0.25, 0.3) is 0 Å². The zero-order valence-electron chi connectivity index (χ0n) is 7.26. The Morgan fingerprint density at radius 2 is 2.33 bits per heavy atom. The van der Waals surface area contributed by atoms with Gasteiger partial charge >= 0.3 is 32.7 Å². The number of amidine groups is 1. The summed E-state index contributed by atoms with van der Waals surface area (Å²) < 4.78 is 0. The van der Waals surface area contributed by atoms with E-state index in [0.29, 0.717) is 12.8 Å². The number of carbonyl (C=O) groups excluding carboxylic acids is 1. The minimum atomic E-state index is 0. The van der Waals surface area contributed by atoms with Gasteiger partial charge in [0.1, 0.15) is 0 Å². The predicted octanol–water partition coefficient (Wildman–Crippen LogP) is -0.212. The molecule has 1 atom stereocenters. The fourth-order valence-electron chi connectivity index (χ4n) is 0.779. The van der Waals surface area contributed by atoms with Crippen LogP contribution in [0, 0.1) is 5.41 Å². The van der Waals surface area contributed by atoms with Gasteiger partial charge in [-0.2, -0.15) is 0 Å². The average molecular weight is 245 g/mol. The Kier molecular flexibility index (Phi) is 11.4. The maximum Gasteiger partial charge on any atom is 3.00 e. The zero-order chi connectivity index (χ0) is 8.69. The van der Waals surface area contributed by atoms with Gasteiger partial charge in [0, 0.05) is 6.42 Å². The third kappa shape index (κ3) is 8.30. The molecule has 0 radical (unpaired) electrons. The quantitative estimate of drug-likeness (QED) is 0.344. The molecule has 0 aliphatic rings. The fraction of sp³-hybridized carbons (Fsp3) is 0.714. The summed E-state index contributed by atoms with van der Waals surface area (Å²) in [5.41, 5.74) is 5.15. The van der Waals surface area contributed by atoms with Crippen LogP contribution in [0.5, 0.6) is 0 Å². The van der Waals surface area contributed by atoms with E-state index >= 15 is 0 Å². The van der Waals surface area contributed by atoms with E-state index in [2.05, 4.69) is 5.32 Å².